The summed E-state index contributed by atoms with van der Waals surface area (Å²) in [7, 11) is 1.88. The molecular formula is C12H27NO. The van der Waals surface area contributed by atoms with E-state index in [9.17, 15) is 5.11 Å². The molecule has 0 aliphatic carbocycles. The Hall–Kier alpha value is -0.0800. The van der Waals surface area contributed by atoms with Crippen molar-refractivity contribution in [3.05, 3.63) is 0 Å². The molecule has 0 fully saturated rings. The summed E-state index contributed by atoms with van der Waals surface area (Å²) in [6, 6.07) is 0. The quantitative estimate of drug-likeness (QED) is 0.562. The number of rotatable bonds is 9. The summed E-state index contributed by atoms with van der Waals surface area (Å²) in [5.41, 5.74) is -0.514. The molecule has 1 atom stereocenters. The van der Waals surface area contributed by atoms with Gasteiger partial charge in [-0.25, -0.2) is 0 Å². The molecule has 0 spiro atoms. The normalized spacial score (nSPS) is 15.4. The van der Waals surface area contributed by atoms with Crippen LogP contribution in [0.4, 0.5) is 0 Å². The van der Waals surface area contributed by atoms with Gasteiger partial charge in [-0.1, -0.05) is 45.4 Å². The number of aliphatic hydroxyl groups is 1. The lowest BCUT2D eigenvalue weighted by Gasteiger charge is -2.22. The summed E-state index contributed by atoms with van der Waals surface area (Å²) in [6.07, 6.45) is 8.66. The van der Waals surface area contributed by atoms with E-state index in [1.165, 1.54) is 32.1 Å². The first-order valence-corrected chi connectivity index (χ1v) is 5.99. The summed E-state index contributed by atoms with van der Waals surface area (Å²) in [6.45, 7) is 4.84. The number of nitrogens with one attached hydrogen (secondary N) is 1. The molecule has 0 radical (unpaired) electrons. The van der Waals surface area contributed by atoms with Crippen LogP contribution < -0.4 is 5.32 Å². The van der Waals surface area contributed by atoms with Crippen molar-refractivity contribution in [1.29, 1.82) is 0 Å². The lowest BCUT2D eigenvalue weighted by Crippen LogP contribution is -2.35. The third-order valence-electron chi connectivity index (χ3n) is 2.63. The van der Waals surface area contributed by atoms with Crippen LogP contribution in [0.1, 0.15) is 58.8 Å². The van der Waals surface area contributed by atoms with Crippen molar-refractivity contribution in [2.24, 2.45) is 0 Å². The second-order valence-electron chi connectivity index (χ2n) is 4.55. The van der Waals surface area contributed by atoms with Gasteiger partial charge in [-0.2, -0.15) is 0 Å². The largest absolute Gasteiger partial charge is 0.389 e. The Morgan fingerprint density at radius 1 is 1.07 bits per heavy atom. The molecule has 2 heteroatoms. The lowest BCUT2D eigenvalue weighted by molar-refractivity contribution is 0.0500. The van der Waals surface area contributed by atoms with Crippen LogP contribution in [-0.4, -0.2) is 24.3 Å². The zero-order chi connectivity index (χ0) is 10.9. The van der Waals surface area contributed by atoms with Crippen LogP contribution in [0, 0.1) is 0 Å². The third-order valence-corrected chi connectivity index (χ3v) is 2.63. The predicted molar refractivity (Wildman–Crippen MR) is 62.5 cm³/mol. The van der Waals surface area contributed by atoms with Gasteiger partial charge in [0.1, 0.15) is 0 Å². The fraction of sp³-hybridized carbons (Fsp3) is 1.00. The topological polar surface area (TPSA) is 32.3 Å². The molecule has 0 aromatic heterocycles. The molecule has 0 aromatic carbocycles. The molecule has 14 heavy (non-hydrogen) atoms. The van der Waals surface area contributed by atoms with E-state index >= 15 is 0 Å². The molecule has 0 heterocycles. The molecule has 0 aliphatic rings. The van der Waals surface area contributed by atoms with E-state index in [0.717, 1.165) is 12.8 Å². The second-order valence-corrected chi connectivity index (χ2v) is 4.55. The highest BCUT2D eigenvalue weighted by atomic mass is 16.3. The van der Waals surface area contributed by atoms with Crippen molar-refractivity contribution >= 4 is 0 Å². The Morgan fingerprint density at radius 3 is 2.21 bits per heavy atom. The second kappa shape index (κ2) is 8.25. The van der Waals surface area contributed by atoms with Crippen LogP contribution >= 0.6 is 0 Å². The fourth-order valence-corrected chi connectivity index (χ4v) is 1.76. The van der Waals surface area contributed by atoms with Crippen molar-refractivity contribution in [1.82, 2.24) is 5.32 Å². The number of unbranched alkanes of at least 4 members (excludes halogenated alkanes) is 5. The van der Waals surface area contributed by atoms with Crippen molar-refractivity contribution in [3.8, 4) is 0 Å². The van der Waals surface area contributed by atoms with Gasteiger partial charge in [0.2, 0.25) is 0 Å². The van der Waals surface area contributed by atoms with Gasteiger partial charge >= 0.3 is 0 Å². The van der Waals surface area contributed by atoms with Crippen LogP contribution in [0.2, 0.25) is 0 Å². The maximum Gasteiger partial charge on any atom is 0.0743 e. The Bertz CT molecular complexity index is 123. The Balaban J connectivity index is 3.26. The highest BCUT2D eigenvalue weighted by Crippen LogP contribution is 2.14. The van der Waals surface area contributed by atoms with Crippen LogP contribution in [-0.2, 0) is 0 Å². The molecule has 2 nitrogen and oxygen atoms in total. The molecule has 0 bridgehead atoms. The number of likely N-dealkylation sites (N-methyl/N-ethyl adjacent to an activating group) is 1. The van der Waals surface area contributed by atoms with Gasteiger partial charge in [0.05, 0.1) is 5.60 Å². The summed E-state index contributed by atoms with van der Waals surface area (Å²) in [4.78, 5) is 0. The van der Waals surface area contributed by atoms with Gasteiger partial charge in [-0.05, 0) is 20.4 Å². The van der Waals surface area contributed by atoms with E-state index in [-0.39, 0.29) is 0 Å². The average Bonchev–Trinajstić information content (AvgIpc) is 2.11. The molecule has 0 aromatic rings. The van der Waals surface area contributed by atoms with Crippen LogP contribution in [0.15, 0.2) is 0 Å². The smallest absolute Gasteiger partial charge is 0.0743 e. The van der Waals surface area contributed by atoms with Crippen LogP contribution in [0.3, 0.4) is 0 Å². The molecule has 0 saturated heterocycles. The van der Waals surface area contributed by atoms with Crippen molar-refractivity contribution in [2.75, 3.05) is 13.6 Å². The SMILES string of the molecule is CCCCCCCCC(C)(O)CNC. The third kappa shape index (κ3) is 8.52. The van der Waals surface area contributed by atoms with E-state index in [1.54, 1.807) is 0 Å². The van der Waals surface area contributed by atoms with Gasteiger partial charge < -0.3 is 10.4 Å². The molecule has 1 unspecified atom stereocenters. The summed E-state index contributed by atoms with van der Waals surface area (Å²) in [5.74, 6) is 0. The number of hydrogen-bond acceptors (Lipinski definition) is 2. The molecule has 0 rings (SSSR count). The first-order valence-electron chi connectivity index (χ1n) is 5.99. The van der Waals surface area contributed by atoms with Crippen LogP contribution in [0.25, 0.3) is 0 Å². The minimum atomic E-state index is -0.514. The zero-order valence-corrected chi connectivity index (χ0v) is 10.1. The number of hydrogen-bond donors (Lipinski definition) is 2. The Morgan fingerprint density at radius 2 is 1.64 bits per heavy atom. The molecule has 86 valence electrons. The lowest BCUT2D eigenvalue weighted by atomic mass is 9.97. The van der Waals surface area contributed by atoms with E-state index in [1.807, 2.05) is 14.0 Å². The zero-order valence-electron chi connectivity index (χ0n) is 10.1. The monoisotopic (exact) mass is 201 g/mol. The van der Waals surface area contributed by atoms with E-state index < -0.39 is 5.60 Å². The summed E-state index contributed by atoms with van der Waals surface area (Å²) >= 11 is 0. The standard InChI is InChI=1S/C12H27NO/c1-4-5-6-7-8-9-10-12(2,14)11-13-3/h13-14H,4-11H2,1-3H3. The summed E-state index contributed by atoms with van der Waals surface area (Å²) < 4.78 is 0. The maximum atomic E-state index is 9.85. The van der Waals surface area contributed by atoms with Gasteiger partial charge in [0, 0.05) is 6.54 Å². The molecule has 2 N–H and O–H groups in total. The van der Waals surface area contributed by atoms with E-state index in [4.69, 9.17) is 0 Å². The van der Waals surface area contributed by atoms with Crippen molar-refractivity contribution < 1.29 is 5.11 Å². The molecule has 0 aliphatic heterocycles. The Kier molecular flexibility index (Phi) is 8.20. The van der Waals surface area contributed by atoms with Crippen molar-refractivity contribution in [3.63, 3.8) is 0 Å². The van der Waals surface area contributed by atoms with Crippen molar-refractivity contribution in [2.45, 2.75) is 64.4 Å². The Labute approximate surface area is 89.1 Å². The minimum absolute atomic E-state index is 0.514. The summed E-state index contributed by atoms with van der Waals surface area (Å²) in [5, 5.41) is 12.9. The van der Waals surface area contributed by atoms with Crippen LogP contribution in [0.5, 0.6) is 0 Å². The first kappa shape index (κ1) is 13.9. The van der Waals surface area contributed by atoms with Gasteiger partial charge in [-0.15, -0.1) is 0 Å². The molecule has 0 saturated carbocycles. The first-order chi connectivity index (χ1) is 6.62. The highest BCUT2D eigenvalue weighted by Gasteiger charge is 2.17. The minimum Gasteiger partial charge on any atom is -0.389 e. The maximum absolute atomic E-state index is 9.85. The van der Waals surface area contributed by atoms with Gasteiger partial charge in [-0.3, -0.25) is 0 Å². The molecular weight excluding hydrogens is 174 g/mol. The highest BCUT2D eigenvalue weighted by molar-refractivity contribution is 4.74. The predicted octanol–water partition coefficient (Wildman–Crippen LogP) is 2.71. The molecule has 0 amide bonds. The van der Waals surface area contributed by atoms with Gasteiger partial charge in [0.15, 0.2) is 0 Å². The average molecular weight is 201 g/mol. The van der Waals surface area contributed by atoms with E-state index in [0.29, 0.717) is 6.54 Å². The van der Waals surface area contributed by atoms with Gasteiger partial charge in [0.25, 0.3) is 0 Å². The van der Waals surface area contributed by atoms with E-state index in [2.05, 4.69) is 12.2 Å². The fourth-order valence-electron chi connectivity index (χ4n) is 1.76.